The molecule has 0 spiro atoms. The second kappa shape index (κ2) is 9.92. The molecule has 1 fully saturated rings. The number of anilines is 1. The third-order valence-corrected chi connectivity index (χ3v) is 5.53. The predicted molar refractivity (Wildman–Crippen MR) is 128 cm³/mol. The summed E-state index contributed by atoms with van der Waals surface area (Å²) in [5.74, 6) is -0.901. The average Bonchev–Trinajstić information content (AvgIpc) is 2.72. The van der Waals surface area contributed by atoms with Crippen molar-refractivity contribution in [3.63, 3.8) is 0 Å². The second-order valence-electron chi connectivity index (χ2n) is 6.91. The van der Waals surface area contributed by atoms with Gasteiger partial charge < -0.3 is 14.8 Å². The second-order valence-corrected chi connectivity index (χ2v) is 8.18. The largest absolute Gasteiger partial charge is 0.493 e. The molecule has 2 aromatic carbocycles. The van der Waals surface area contributed by atoms with Gasteiger partial charge in [-0.05, 0) is 83.0 Å². The normalized spacial score (nSPS) is 13.2. The lowest BCUT2D eigenvalue weighted by atomic mass is 10.1. The van der Waals surface area contributed by atoms with E-state index in [1.165, 1.54) is 13.2 Å². The van der Waals surface area contributed by atoms with Crippen LogP contribution in [0, 0.1) is 13.8 Å². The van der Waals surface area contributed by atoms with Crippen molar-refractivity contribution in [3.8, 4) is 11.5 Å². The molecule has 3 rings (SSSR count). The number of nitrogens with one attached hydrogen (secondary N) is 3. The van der Waals surface area contributed by atoms with Crippen molar-refractivity contribution in [2.45, 2.75) is 13.8 Å². The standard InChI is InChI=1S/C22H20BrN3O5S/c1-11-5-4-6-16(12(11)2)24-18(27)10-31-19-15(23)8-13(9-17(19)30-3)7-14-20(28)25-22(32)26-21(14)29/h4-9H,10H2,1-3H3,(H,24,27)(H2,25,26,28,29,32). The Kier molecular flexibility index (Phi) is 7.26. The molecule has 0 radical (unpaired) electrons. The van der Waals surface area contributed by atoms with E-state index >= 15 is 0 Å². The molecule has 3 amide bonds. The molecule has 3 N–H and O–H groups in total. The third kappa shape index (κ3) is 5.32. The quantitative estimate of drug-likeness (QED) is 0.309. The fraction of sp³-hybridized carbons (Fsp3) is 0.182. The van der Waals surface area contributed by atoms with Gasteiger partial charge in [-0.15, -0.1) is 0 Å². The Labute approximate surface area is 198 Å². The molecule has 0 unspecified atom stereocenters. The zero-order valence-electron chi connectivity index (χ0n) is 17.5. The number of rotatable bonds is 6. The van der Waals surface area contributed by atoms with Crippen molar-refractivity contribution in [2.24, 2.45) is 0 Å². The Balaban J connectivity index is 1.77. The smallest absolute Gasteiger partial charge is 0.263 e. The van der Waals surface area contributed by atoms with Crippen LogP contribution in [0.2, 0.25) is 0 Å². The van der Waals surface area contributed by atoms with Crippen molar-refractivity contribution in [2.75, 3.05) is 19.0 Å². The van der Waals surface area contributed by atoms with Gasteiger partial charge in [-0.2, -0.15) is 0 Å². The fourth-order valence-electron chi connectivity index (χ4n) is 2.95. The molecule has 32 heavy (non-hydrogen) atoms. The molecule has 1 aliphatic heterocycles. The van der Waals surface area contributed by atoms with Gasteiger partial charge in [-0.1, -0.05) is 12.1 Å². The molecule has 0 atom stereocenters. The maximum Gasteiger partial charge on any atom is 0.263 e. The summed E-state index contributed by atoms with van der Waals surface area (Å²) in [5, 5.41) is 7.54. The van der Waals surface area contributed by atoms with Crippen LogP contribution in [0.25, 0.3) is 6.08 Å². The summed E-state index contributed by atoms with van der Waals surface area (Å²) in [5.41, 5.74) is 3.17. The number of amides is 3. The van der Waals surface area contributed by atoms with Gasteiger partial charge in [0.25, 0.3) is 17.7 Å². The lowest BCUT2D eigenvalue weighted by Crippen LogP contribution is -2.51. The highest BCUT2D eigenvalue weighted by molar-refractivity contribution is 9.10. The maximum absolute atomic E-state index is 12.4. The van der Waals surface area contributed by atoms with Crippen LogP contribution in [0.3, 0.4) is 0 Å². The fourth-order valence-corrected chi connectivity index (χ4v) is 3.71. The van der Waals surface area contributed by atoms with E-state index in [2.05, 4.69) is 31.9 Å². The summed E-state index contributed by atoms with van der Waals surface area (Å²) < 4.78 is 11.5. The molecule has 1 aliphatic rings. The van der Waals surface area contributed by atoms with E-state index in [0.717, 1.165) is 16.8 Å². The van der Waals surface area contributed by atoms with Crippen molar-refractivity contribution in [1.29, 1.82) is 0 Å². The Morgan fingerprint density at radius 3 is 2.53 bits per heavy atom. The van der Waals surface area contributed by atoms with Crippen molar-refractivity contribution < 1.29 is 23.9 Å². The van der Waals surface area contributed by atoms with E-state index in [9.17, 15) is 14.4 Å². The third-order valence-electron chi connectivity index (χ3n) is 4.73. The molecule has 0 aliphatic carbocycles. The lowest BCUT2D eigenvalue weighted by Gasteiger charge is -2.17. The minimum Gasteiger partial charge on any atom is -0.493 e. The number of ether oxygens (including phenoxy) is 2. The number of carbonyl (C=O) groups is 3. The molecule has 0 aromatic heterocycles. The highest BCUT2D eigenvalue weighted by Gasteiger charge is 2.26. The van der Waals surface area contributed by atoms with Crippen LogP contribution < -0.4 is 25.4 Å². The number of hydrogen-bond donors (Lipinski definition) is 3. The van der Waals surface area contributed by atoms with Gasteiger partial charge in [-0.3, -0.25) is 25.0 Å². The topological polar surface area (TPSA) is 106 Å². The molecule has 1 heterocycles. The summed E-state index contributed by atoms with van der Waals surface area (Å²) in [6, 6.07) is 8.88. The highest BCUT2D eigenvalue weighted by Crippen LogP contribution is 2.37. The molecular weight excluding hydrogens is 498 g/mol. The Hall–Kier alpha value is -3.24. The minimum absolute atomic E-state index is 0.0428. The Bertz CT molecular complexity index is 1140. The average molecular weight is 518 g/mol. The Morgan fingerprint density at radius 2 is 1.88 bits per heavy atom. The molecule has 166 valence electrons. The summed E-state index contributed by atoms with van der Waals surface area (Å²) in [6.45, 7) is 3.65. The van der Waals surface area contributed by atoms with Crippen LogP contribution >= 0.6 is 28.1 Å². The van der Waals surface area contributed by atoms with Gasteiger partial charge in [0.05, 0.1) is 11.6 Å². The molecule has 8 nitrogen and oxygen atoms in total. The van der Waals surface area contributed by atoms with Crippen LogP contribution in [0.4, 0.5) is 5.69 Å². The summed E-state index contributed by atoms with van der Waals surface area (Å²) in [4.78, 5) is 36.5. The summed E-state index contributed by atoms with van der Waals surface area (Å²) >= 11 is 8.19. The van der Waals surface area contributed by atoms with Crippen molar-refractivity contribution >= 4 is 62.7 Å². The SMILES string of the molecule is COc1cc(C=C2C(=O)NC(=S)NC2=O)cc(Br)c1OCC(=O)Nc1cccc(C)c1C. The number of aryl methyl sites for hydroxylation is 1. The van der Waals surface area contributed by atoms with E-state index in [-0.39, 0.29) is 23.2 Å². The molecule has 0 bridgehead atoms. The predicted octanol–water partition coefficient (Wildman–Crippen LogP) is 3.01. The van der Waals surface area contributed by atoms with Crippen LogP contribution in [0.1, 0.15) is 16.7 Å². The van der Waals surface area contributed by atoms with E-state index in [1.54, 1.807) is 12.1 Å². The van der Waals surface area contributed by atoms with Gasteiger partial charge >= 0.3 is 0 Å². The molecule has 1 saturated heterocycles. The maximum atomic E-state index is 12.4. The number of thiocarbonyl (C=S) groups is 1. The van der Waals surface area contributed by atoms with Crippen LogP contribution in [-0.4, -0.2) is 36.6 Å². The zero-order chi connectivity index (χ0) is 23.4. The van der Waals surface area contributed by atoms with Crippen molar-refractivity contribution in [1.82, 2.24) is 10.6 Å². The van der Waals surface area contributed by atoms with Crippen molar-refractivity contribution in [3.05, 3.63) is 57.1 Å². The molecule has 2 aromatic rings. The lowest BCUT2D eigenvalue weighted by molar-refractivity contribution is -0.123. The summed E-state index contributed by atoms with van der Waals surface area (Å²) in [7, 11) is 1.44. The Morgan fingerprint density at radius 1 is 1.19 bits per heavy atom. The number of methoxy groups -OCH3 is 1. The first-order chi connectivity index (χ1) is 15.2. The van der Waals surface area contributed by atoms with Gasteiger partial charge in [0.15, 0.2) is 23.2 Å². The van der Waals surface area contributed by atoms with Gasteiger partial charge in [0.2, 0.25) is 0 Å². The minimum atomic E-state index is -0.600. The van der Waals surface area contributed by atoms with Gasteiger partial charge in [0, 0.05) is 5.69 Å². The number of carbonyl (C=O) groups excluding carboxylic acids is 3. The van der Waals surface area contributed by atoms with Gasteiger partial charge in [-0.25, -0.2) is 0 Å². The molecule has 10 heteroatoms. The van der Waals surface area contributed by atoms with Crippen LogP contribution in [0.15, 0.2) is 40.4 Å². The number of halogens is 1. The van der Waals surface area contributed by atoms with Crippen LogP contribution in [0.5, 0.6) is 11.5 Å². The van der Waals surface area contributed by atoms with Gasteiger partial charge in [0.1, 0.15) is 5.57 Å². The number of hydrogen-bond acceptors (Lipinski definition) is 6. The van der Waals surface area contributed by atoms with E-state index in [4.69, 9.17) is 21.7 Å². The zero-order valence-corrected chi connectivity index (χ0v) is 19.9. The van der Waals surface area contributed by atoms with E-state index < -0.39 is 11.8 Å². The first-order valence-electron chi connectivity index (χ1n) is 9.44. The first-order valence-corrected chi connectivity index (χ1v) is 10.6. The monoisotopic (exact) mass is 517 g/mol. The van der Waals surface area contributed by atoms with Crippen LogP contribution in [-0.2, 0) is 14.4 Å². The molecule has 0 saturated carbocycles. The first kappa shape index (κ1) is 23.4. The molecular formula is C22H20BrN3O5S. The summed E-state index contributed by atoms with van der Waals surface area (Å²) in [6.07, 6.45) is 1.40. The number of benzene rings is 2. The highest BCUT2D eigenvalue weighted by atomic mass is 79.9. The van der Waals surface area contributed by atoms with E-state index in [1.807, 2.05) is 32.0 Å². The van der Waals surface area contributed by atoms with E-state index in [0.29, 0.717) is 21.5 Å².